The van der Waals surface area contributed by atoms with Crippen molar-refractivity contribution in [2.24, 2.45) is 0 Å². The Kier molecular flexibility index (Phi) is 4.04. The molecule has 0 aliphatic heterocycles. The first-order valence-corrected chi connectivity index (χ1v) is 6.50. The van der Waals surface area contributed by atoms with Crippen molar-refractivity contribution in [3.8, 4) is 0 Å². The second-order valence-electron chi connectivity index (χ2n) is 3.73. The number of benzene rings is 2. The molecule has 0 heterocycles. The molecule has 0 unspecified atom stereocenters. The Hall–Kier alpha value is -1.32. The molecule has 2 aromatic carbocycles. The van der Waals surface area contributed by atoms with Crippen molar-refractivity contribution in [3.05, 3.63) is 58.9 Å². The van der Waals surface area contributed by atoms with E-state index in [0.717, 1.165) is 4.90 Å². The van der Waals surface area contributed by atoms with E-state index in [-0.39, 0.29) is 11.3 Å². The van der Waals surface area contributed by atoms with Gasteiger partial charge in [-0.25, -0.2) is 4.39 Å². The second kappa shape index (κ2) is 5.55. The van der Waals surface area contributed by atoms with E-state index in [2.05, 4.69) is 0 Å². The van der Waals surface area contributed by atoms with Crippen LogP contribution in [0.1, 0.15) is 17.3 Å². The van der Waals surface area contributed by atoms with Crippen molar-refractivity contribution >= 4 is 29.1 Å². The summed E-state index contributed by atoms with van der Waals surface area (Å²) in [7, 11) is 0. The Bertz CT molecular complexity index is 581. The number of rotatable bonds is 3. The fourth-order valence-electron chi connectivity index (χ4n) is 1.56. The quantitative estimate of drug-likeness (QED) is 0.749. The van der Waals surface area contributed by atoms with Gasteiger partial charge in [0, 0.05) is 14.8 Å². The van der Waals surface area contributed by atoms with Gasteiger partial charge in [0.15, 0.2) is 5.78 Å². The standard InChI is InChI=1S/C14H10ClFOS/c1-9(17)14-12(16)3-2-4-13(14)18-11-7-5-10(15)6-8-11/h2-8H,1H3. The fraction of sp³-hybridized carbons (Fsp3) is 0.0714. The summed E-state index contributed by atoms with van der Waals surface area (Å²) in [4.78, 5) is 13.0. The molecule has 18 heavy (non-hydrogen) atoms. The molecule has 0 saturated carbocycles. The second-order valence-corrected chi connectivity index (χ2v) is 5.28. The van der Waals surface area contributed by atoms with Crippen LogP contribution in [0.3, 0.4) is 0 Å². The van der Waals surface area contributed by atoms with Crippen molar-refractivity contribution in [1.29, 1.82) is 0 Å². The highest BCUT2D eigenvalue weighted by Gasteiger charge is 2.13. The molecule has 0 aliphatic rings. The van der Waals surface area contributed by atoms with E-state index in [1.807, 2.05) is 12.1 Å². The molecule has 4 heteroatoms. The third kappa shape index (κ3) is 2.92. The van der Waals surface area contributed by atoms with Gasteiger partial charge in [-0.2, -0.15) is 0 Å². The molecule has 92 valence electrons. The van der Waals surface area contributed by atoms with Gasteiger partial charge in [-0.3, -0.25) is 4.79 Å². The molecule has 0 atom stereocenters. The molecule has 2 aromatic rings. The lowest BCUT2D eigenvalue weighted by molar-refractivity contribution is 0.101. The van der Waals surface area contributed by atoms with Crippen LogP contribution in [0.5, 0.6) is 0 Å². The SMILES string of the molecule is CC(=O)c1c(F)cccc1Sc1ccc(Cl)cc1. The van der Waals surface area contributed by atoms with Crippen LogP contribution in [0, 0.1) is 5.82 Å². The highest BCUT2D eigenvalue weighted by atomic mass is 35.5. The monoisotopic (exact) mass is 280 g/mol. The molecule has 0 bridgehead atoms. The first kappa shape index (κ1) is 13.1. The van der Waals surface area contributed by atoms with Crippen LogP contribution < -0.4 is 0 Å². The maximum Gasteiger partial charge on any atom is 0.163 e. The summed E-state index contributed by atoms with van der Waals surface area (Å²) >= 11 is 7.14. The molecule has 0 saturated heterocycles. The zero-order valence-corrected chi connectivity index (χ0v) is 11.2. The van der Waals surface area contributed by atoms with E-state index < -0.39 is 5.82 Å². The van der Waals surface area contributed by atoms with Gasteiger partial charge in [-0.15, -0.1) is 0 Å². The van der Waals surface area contributed by atoms with E-state index in [0.29, 0.717) is 9.92 Å². The molecular weight excluding hydrogens is 271 g/mol. The van der Waals surface area contributed by atoms with Crippen molar-refractivity contribution < 1.29 is 9.18 Å². The molecule has 0 amide bonds. The lowest BCUT2D eigenvalue weighted by atomic mass is 10.1. The number of hydrogen-bond donors (Lipinski definition) is 0. The van der Waals surface area contributed by atoms with Gasteiger partial charge in [0.2, 0.25) is 0 Å². The minimum atomic E-state index is -0.485. The molecule has 2 rings (SSSR count). The van der Waals surface area contributed by atoms with Crippen LogP contribution in [0.2, 0.25) is 5.02 Å². The van der Waals surface area contributed by atoms with Gasteiger partial charge >= 0.3 is 0 Å². The van der Waals surface area contributed by atoms with Crippen molar-refractivity contribution in [3.63, 3.8) is 0 Å². The normalized spacial score (nSPS) is 10.4. The molecule has 0 aliphatic carbocycles. The number of ketones is 1. The van der Waals surface area contributed by atoms with E-state index in [9.17, 15) is 9.18 Å². The number of carbonyl (C=O) groups excluding carboxylic acids is 1. The summed E-state index contributed by atoms with van der Waals surface area (Å²) in [6.07, 6.45) is 0. The van der Waals surface area contributed by atoms with Crippen molar-refractivity contribution in [2.75, 3.05) is 0 Å². The predicted octanol–water partition coefficient (Wildman–Crippen LogP) is 4.83. The first-order valence-electron chi connectivity index (χ1n) is 5.31. The number of halogens is 2. The van der Waals surface area contributed by atoms with Crippen LogP contribution >= 0.6 is 23.4 Å². The Morgan fingerprint density at radius 3 is 2.44 bits per heavy atom. The van der Waals surface area contributed by atoms with Gasteiger partial charge < -0.3 is 0 Å². The van der Waals surface area contributed by atoms with Crippen LogP contribution in [-0.4, -0.2) is 5.78 Å². The van der Waals surface area contributed by atoms with Crippen LogP contribution in [-0.2, 0) is 0 Å². The maximum atomic E-state index is 13.6. The summed E-state index contributed by atoms with van der Waals surface area (Å²) in [5.74, 6) is -0.758. The van der Waals surface area contributed by atoms with E-state index >= 15 is 0 Å². The summed E-state index contributed by atoms with van der Waals surface area (Å²) in [6.45, 7) is 1.37. The van der Waals surface area contributed by atoms with Gasteiger partial charge in [0.25, 0.3) is 0 Å². The Morgan fingerprint density at radius 1 is 1.17 bits per heavy atom. The smallest absolute Gasteiger partial charge is 0.163 e. The summed E-state index contributed by atoms with van der Waals surface area (Å²) in [6, 6.07) is 11.8. The largest absolute Gasteiger partial charge is 0.294 e. The fourth-order valence-corrected chi connectivity index (χ4v) is 2.70. The average Bonchev–Trinajstić information content (AvgIpc) is 2.32. The molecule has 0 radical (unpaired) electrons. The molecule has 0 spiro atoms. The predicted molar refractivity (Wildman–Crippen MR) is 72.0 cm³/mol. The minimum Gasteiger partial charge on any atom is -0.294 e. The summed E-state index contributed by atoms with van der Waals surface area (Å²) < 4.78 is 13.6. The number of carbonyl (C=O) groups is 1. The topological polar surface area (TPSA) is 17.1 Å². The van der Waals surface area contributed by atoms with Gasteiger partial charge in [-0.05, 0) is 43.3 Å². The van der Waals surface area contributed by atoms with E-state index in [1.165, 1.54) is 24.8 Å². The molecule has 1 nitrogen and oxygen atoms in total. The lowest BCUT2D eigenvalue weighted by Gasteiger charge is -2.07. The van der Waals surface area contributed by atoms with E-state index in [4.69, 9.17) is 11.6 Å². The van der Waals surface area contributed by atoms with E-state index in [1.54, 1.807) is 24.3 Å². The lowest BCUT2D eigenvalue weighted by Crippen LogP contribution is -1.99. The van der Waals surface area contributed by atoms with Gasteiger partial charge in [0.1, 0.15) is 5.82 Å². The minimum absolute atomic E-state index is 0.137. The Morgan fingerprint density at radius 2 is 1.83 bits per heavy atom. The van der Waals surface area contributed by atoms with Crippen molar-refractivity contribution in [1.82, 2.24) is 0 Å². The van der Waals surface area contributed by atoms with Crippen molar-refractivity contribution in [2.45, 2.75) is 16.7 Å². The molecule has 0 N–H and O–H groups in total. The number of hydrogen-bond acceptors (Lipinski definition) is 2. The highest BCUT2D eigenvalue weighted by Crippen LogP contribution is 2.32. The average molecular weight is 281 g/mol. The summed E-state index contributed by atoms with van der Waals surface area (Å²) in [5.41, 5.74) is 0.137. The Labute approximate surface area is 114 Å². The van der Waals surface area contributed by atoms with Gasteiger partial charge in [-0.1, -0.05) is 29.4 Å². The first-order chi connectivity index (χ1) is 8.58. The van der Waals surface area contributed by atoms with Crippen LogP contribution in [0.15, 0.2) is 52.3 Å². The van der Waals surface area contributed by atoms with Crippen LogP contribution in [0.4, 0.5) is 4.39 Å². The molecule has 0 fully saturated rings. The zero-order valence-electron chi connectivity index (χ0n) is 9.61. The molecule has 0 aromatic heterocycles. The maximum absolute atomic E-state index is 13.6. The third-order valence-electron chi connectivity index (χ3n) is 2.37. The molecular formula is C14H10ClFOS. The summed E-state index contributed by atoms with van der Waals surface area (Å²) in [5, 5.41) is 0.644. The van der Waals surface area contributed by atoms with Crippen LogP contribution in [0.25, 0.3) is 0 Å². The third-order valence-corrected chi connectivity index (χ3v) is 3.69. The zero-order chi connectivity index (χ0) is 13.1. The highest BCUT2D eigenvalue weighted by molar-refractivity contribution is 7.99. The number of Topliss-reactive ketones (excluding diaryl/α,β-unsaturated/α-hetero) is 1. The van der Waals surface area contributed by atoms with Gasteiger partial charge in [0.05, 0.1) is 5.56 Å². The Balaban J connectivity index is 2.37.